The topological polar surface area (TPSA) is 50.4 Å². The van der Waals surface area contributed by atoms with Gasteiger partial charge in [0.1, 0.15) is 5.75 Å². The lowest BCUT2D eigenvalue weighted by Gasteiger charge is -2.12. The van der Waals surface area contributed by atoms with E-state index >= 15 is 0 Å². The number of benzene rings is 1. The monoisotopic (exact) mass is 336 g/mol. The standard InChI is InChI=1S/C12H17BrN2O2.ClH/c1-8(14-2)7-15-12(16)10-6-9(17-3)4-5-11(10)13;/h4-6,8,14H,7H2,1-3H3,(H,15,16);1H. The summed E-state index contributed by atoms with van der Waals surface area (Å²) < 4.78 is 5.85. The molecule has 0 spiro atoms. The Labute approximate surface area is 122 Å². The second-order valence-electron chi connectivity index (χ2n) is 3.75. The van der Waals surface area contributed by atoms with Gasteiger partial charge in [-0.15, -0.1) is 12.4 Å². The summed E-state index contributed by atoms with van der Waals surface area (Å²) in [6, 6.07) is 5.55. The Hall–Kier alpha value is -0.780. The number of halogens is 2. The Balaban J connectivity index is 0.00000289. The van der Waals surface area contributed by atoms with Crippen molar-refractivity contribution < 1.29 is 9.53 Å². The van der Waals surface area contributed by atoms with Gasteiger partial charge in [0.15, 0.2) is 0 Å². The SMILES string of the molecule is CNC(C)CNC(=O)c1cc(OC)ccc1Br.Cl. The second kappa shape index (κ2) is 8.34. The quantitative estimate of drug-likeness (QED) is 0.866. The Morgan fingerprint density at radius 1 is 1.50 bits per heavy atom. The van der Waals surface area contributed by atoms with E-state index in [0.717, 1.165) is 4.47 Å². The summed E-state index contributed by atoms with van der Waals surface area (Å²) in [6.07, 6.45) is 0. The highest BCUT2D eigenvalue weighted by Gasteiger charge is 2.11. The van der Waals surface area contributed by atoms with E-state index in [1.54, 1.807) is 25.3 Å². The van der Waals surface area contributed by atoms with E-state index in [1.165, 1.54) is 0 Å². The zero-order valence-corrected chi connectivity index (χ0v) is 13.0. The first-order chi connectivity index (χ1) is 8.08. The van der Waals surface area contributed by atoms with Gasteiger partial charge in [0.2, 0.25) is 0 Å². The molecule has 0 saturated heterocycles. The van der Waals surface area contributed by atoms with Crippen LogP contribution in [0.15, 0.2) is 22.7 Å². The molecule has 1 amide bonds. The van der Waals surface area contributed by atoms with Gasteiger partial charge in [0.25, 0.3) is 5.91 Å². The van der Waals surface area contributed by atoms with Crippen molar-refractivity contribution >= 4 is 34.2 Å². The van der Waals surface area contributed by atoms with Crippen molar-refractivity contribution in [2.24, 2.45) is 0 Å². The number of carbonyl (C=O) groups is 1. The van der Waals surface area contributed by atoms with E-state index in [1.807, 2.05) is 14.0 Å². The van der Waals surface area contributed by atoms with Crippen LogP contribution in [0, 0.1) is 0 Å². The van der Waals surface area contributed by atoms with Crippen molar-refractivity contribution in [3.05, 3.63) is 28.2 Å². The predicted molar refractivity (Wildman–Crippen MR) is 78.8 cm³/mol. The number of hydrogen-bond donors (Lipinski definition) is 2. The molecule has 0 aliphatic carbocycles. The fourth-order valence-corrected chi connectivity index (χ4v) is 1.68. The van der Waals surface area contributed by atoms with E-state index in [9.17, 15) is 4.79 Å². The van der Waals surface area contributed by atoms with Gasteiger partial charge in [-0.3, -0.25) is 4.79 Å². The van der Waals surface area contributed by atoms with Crippen LogP contribution >= 0.6 is 28.3 Å². The smallest absolute Gasteiger partial charge is 0.252 e. The van der Waals surface area contributed by atoms with Gasteiger partial charge in [-0.25, -0.2) is 0 Å². The number of methoxy groups -OCH3 is 1. The van der Waals surface area contributed by atoms with Crippen LogP contribution in [0.1, 0.15) is 17.3 Å². The lowest BCUT2D eigenvalue weighted by molar-refractivity contribution is 0.0949. The summed E-state index contributed by atoms with van der Waals surface area (Å²) in [4.78, 5) is 11.9. The molecule has 0 aliphatic rings. The van der Waals surface area contributed by atoms with Gasteiger partial charge >= 0.3 is 0 Å². The first-order valence-corrected chi connectivity index (χ1v) is 6.16. The third-order valence-electron chi connectivity index (χ3n) is 2.48. The van der Waals surface area contributed by atoms with Crippen LogP contribution in [0.4, 0.5) is 0 Å². The van der Waals surface area contributed by atoms with Gasteiger partial charge in [-0.05, 0) is 48.1 Å². The first-order valence-electron chi connectivity index (χ1n) is 5.37. The zero-order chi connectivity index (χ0) is 12.8. The molecule has 1 atom stereocenters. The minimum absolute atomic E-state index is 0. The molecule has 0 aromatic heterocycles. The molecule has 1 rings (SSSR count). The highest BCUT2D eigenvalue weighted by molar-refractivity contribution is 9.10. The molecular formula is C12H18BrClN2O2. The fourth-order valence-electron chi connectivity index (χ4n) is 1.25. The molecule has 2 N–H and O–H groups in total. The fraction of sp³-hybridized carbons (Fsp3) is 0.417. The number of rotatable bonds is 5. The molecule has 0 aliphatic heterocycles. The molecule has 0 fully saturated rings. The molecule has 1 unspecified atom stereocenters. The third-order valence-corrected chi connectivity index (χ3v) is 3.17. The predicted octanol–water partition coefficient (Wildman–Crippen LogP) is 2.22. The summed E-state index contributed by atoms with van der Waals surface area (Å²) in [5.74, 6) is 0.554. The number of ether oxygens (including phenoxy) is 1. The average Bonchev–Trinajstić information content (AvgIpc) is 2.36. The number of carbonyl (C=O) groups excluding carboxylic acids is 1. The molecule has 1 aromatic rings. The molecule has 102 valence electrons. The minimum atomic E-state index is -0.113. The Kier molecular flexibility index (Phi) is 7.98. The number of nitrogens with one attached hydrogen (secondary N) is 2. The maximum absolute atomic E-state index is 11.9. The van der Waals surface area contributed by atoms with Crippen molar-refractivity contribution in [2.45, 2.75) is 13.0 Å². The van der Waals surface area contributed by atoms with E-state index in [4.69, 9.17) is 4.74 Å². The molecule has 0 heterocycles. The Morgan fingerprint density at radius 3 is 2.72 bits per heavy atom. The van der Waals surface area contributed by atoms with Gasteiger partial charge < -0.3 is 15.4 Å². The van der Waals surface area contributed by atoms with Gasteiger partial charge in [-0.2, -0.15) is 0 Å². The molecular weight excluding hydrogens is 320 g/mol. The Morgan fingerprint density at radius 2 is 2.17 bits per heavy atom. The van der Waals surface area contributed by atoms with Gasteiger partial charge in [-0.1, -0.05) is 0 Å². The maximum Gasteiger partial charge on any atom is 0.252 e. The summed E-state index contributed by atoms with van der Waals surface area (Å²) in [6.45, 7) is 2.58. The van der Waals surface area contributed by atoms with Crippen LogP contribution in [-0.4, -0.2) is 32.7 Å². The normalized spacial score (nSPS) is 11.3. The van der Waals surface area contributed by atoms with Crippen molar-refractivity contribution in [3.8, 4) is 5.75 Å². The van der Waals surface area contributed by atoms with E-state index < -0.39 is 0 Å². The summed E-state index contributed by atoms with van der Waals surface area (Å²) in [7, 11) is 3.44. The molecule has 6 heteroatoms. The van der Waals surface area contributed by atoms with Crippen molar-refractivity contribution in [1.29, 1.82) is 0 Å². The van der Waals surface area contributed by atoms with E-state index in [0.29, 0.717) is 17.9 Å². The highest BCUT2D eigenvalue weighted by Crippen LogP contribution is 2.22. The van der Waals surface area contributed by atoms with Gasteiger partial charge in [0.05, 0.1) is 12.7 Å². The molecule has 4 nitrogen and oxygen atoms in total. The Bertz CT molecular complexity index is 402. The first kappa shape index (κ1) is 17.2. The van der Waals surface area contributed by atoms with Crippen LogP contribution in [0.5, 0.6) is 5.75 Å². The molecule has 0 bridgehead atoms. The van der Waals surface area contributed by atoms with Crippen LogP contribution < -0.4 is 15.4 Å². The second-order valence-corrected chi connectivity index (χ2v) is 4.60. The largest absolute Gasteiger partial charge is 0.497 e. The van der Waals surface area contributed by atoms with E-state index in [2.05, 4.69) is 26.6 Å². The molecule has 1 aromatic carbocycles. The van der Waals surface area contributed by atoms with Crippen LogP contribution in [0.3, 0.4) is 0 Å². The number of likely N-dealkylation sites (N-methyl/N-ethyl adjacent to an activating group) is 1. The van der Waals surface area contributed by atoms with E-state index in [-0.39, 0.29) is 24.4 Å². The highest BCUT2D eigenvalue weighted by atomic mass is 79.9. The summed E-state index contributed by atoms with van der Waals surface area (Å²) in [5, 5.41) is 5.91. The summed E-state index contributed by atoms with van der Waals surface area (Å²) in [5.41, 5.74) is 0.577. The minimum Gasteiger partial charge on any atom is -0.497 e. The maximum atomic E-state index is 11.9. The van der Waals surface area contributed by atoms with Crippen LogP contribution in [0.2, 0.25) is 0 Å². The number of amides is 1. The third kappa shape index (κ3) is 4.84. The number of hydrogen-bond acceptors (Lipinski definition) is 3. The van der Waals surface area contributed by atoms with Crippen molar-refractivity contribution in [1.82, 2.24) is 10.6 Å². The van der Waals surface area contributed by atoms with Crippen LogP contribution in [0.25, 0.3) is 0 Å². The lowest BCUT2D eigenvalue weighted by Crippen LogP contribution is -2.37. The van der Waals surface area contributed by atoms with Gasteiger partial charge in [0, 0.05) is 17.1 Å². The lowest BCUT2D eigenvalue weighted by atomic mass is 10.2. The average molecular weight is 338 g/mol. The molecule has 0 radical (unpaired) electrons. The van der Waals surface area contributed by atoms with Crippen LogP contribution in [-0.2, 0) is 0 Å². The zero-order valence-electron chi connectivity index (χ0n) is 10.6. The van der Waals surface area contributed by atoms with Crippen molar-refractivity contribution in [2.75, 3.05) is 20.7 Å². The molecule has 18 heavy (non-hydrogen) atoms. The van der Waals surface area contributed by atoms with Crippen molar-refractivity contribution in [3.63, 3.8) is 0 Å². The molecule has 0 saturated carbocycles. The summed E-state index contributed by atoms with van der Waals surface area (Å²) >= 11 is 3.35.